The first-order chi connectivity index (χ1) is 11.2. The molecule has 112 valence electrons. The highest BCUT2D eigenvalue weighted by Gasteiger charge is 2.15. The topological polar surface area (TPSA) is 138 Å². The van der Waals surface area contributed by atoms with Crippen LogP contribution in [-0.4, -0.2) is 4.21 Å². The first-order valence-electron chi connectivity index (χ1n) is 6.30. The molecule has 2 rings (SSSR count). The molecule has 23 heavy (non-hydrogen) atoms. The van der Waals surface area contributed by atoms with Gasteiger partial charge in [0.05, 0.1) is 32.7 Å². The Labute approximate surface area is 133 Å². The Morgan fingerprint density at radius 1 is 1.13 bits per heavy atom. The van der Waals surface area contributed by atoms with E-state index in [1.54, 1.807) is 0 Å². The van der Waals surface area contributed by atoms with Crippen LogP contribution in [0.4, 0.5) is 11.4 Å². The molecule has 9 heteroatoms. The van der Waals surface area contributed by atoms with E-state index in [1.807, 2.05) is 36.4 Å². The summed E-state index contributed by atoms with van der Waals surface area (Å²) in [5.41, 5.74) is 18.1. The molecule has 0 aromatic heterocycles. The number of hydrogen-bond acceptors (Lipinski definition) is 4. The van der Waals surface area contributed by atoms with Crippen molar-refractivity contribution >= 4 is 22.2 Å². The summed E-state index contributed by atoms with van der Waals surface area (Å²) < 4.78 is 12.6. The van der Waals surface area contributed by atoms with E-state index in [9.17, 15) is 9.47 Å². The van der Waals surface area contributed by atoms with Crippen LogP contribution in [0.25, 0.3) is 20.9 Å². The lowest BCUT2D eigenvalue weighted by atomic mass is 10.2. The van der Waals surface area contributed by atoms with Crippen molar-refractivity contribution in [3.05, 3.63) is 74.5 Å². The van der Waals surface area contributed by atoms with E-state index in [0.717, 1.165) is 5.56 Å². The van der Waals surface area contributed by atoms with Crippen LogP contribution in [0.1, 0.15) is 11.1 Å². The molecular weight excluding hydrogens is 314 g/mol. The second kappa shape index (κ2) is 7.64. The van der Waals surface area contributed by atoms with Gasteiger partial charge in [0.2, 0.25) is 0 Å². The van der Waals surface area contributed by atoms with Crippen LogP contribution in [0.2, 0.25) is 0 Å². The number of benzene rings is 2. The molecule has 0 amide bonds. The van der Waals surface area contributed by atoms with Crippen molar-refractivity contribution in [2.24, 2.45) is 10.2 Å². The van der Waals surface area contributed by atoms with Crippen molar-refractivity contribution in [3.8, 4) is 6.07 Å². The third-order valence-corrected chi connectivity index (χ3v) is 4.28. The van der Waals surface area contributed by atoms with Gasteiger partial charge in [-0.15, -0.1) is 0 Å². The van der Waals surface area contributed by atoms with Gasteiger partial charge in [-0.05, 0) is 28.8 Å². The number of hydrogen-bond donors (Lipinski definition) is 0. The molecule has 0 saturated carbocycles. The summed E-state index contributed by atoms with van der Waals surface area (Å²) in [7, 11) is -1.56. The van der Waals surface area contributed by atoms with Crippen LogP contribution in [0.3, 0.4) is 0 Å². The largest absolute Gasteiger partial charge is 0.254 e. The third kappa shape index (κ3) is 3.87. The Morgan fingerprint density at radius 2 is 1.83 bits per heavy atom. The number of nitrogens with zero attached hydrogens (tertiary/aromatic N) is 7. The molecule has 0 radical (unpaired) electrons. The van der Waals surface area contributed by atoms with Crippen molar-refractivity contribution in [2.45, 2.75) is 10.6 Å². The number of rotatable bonds is 5. The standard InChI is InChI=1S/C14H9N7OS/c15-8-12-13(19-21-17)6-11(18-20-16)7-14(12)23(22)9-10-4-2-1-3-5-10/h1-7H,9H2/t23-/m1/s1. The van der Waals surface area contributed by atoms with Gasteiger partial charge in [0.25, 0.3) is 0 Å². The van der Waals surface area contributed by atoms with E-state index in [0.29, 0.717) is 0 Å². The normalized spacial score (nSPS) is 10.7. The highest BCUT2D eigenvalue weighted by atomic mass is 32.2. The van der Waals surface area contributed by atoms with Gasteiger partial charge in [-0.3, -0.25) is 4.21 Å². The van der Waals surface area contributed by atoms with Crippen LogP contribution in [0.5, 0.6) is 0 Å². The molecule has 0 saturated heterocycles. The average Bonchev–Trinajstić information content (AvgIpc) is 2.56. The Kier molecular flexibility index (Phi) is 5.34. The molecule has 0 aliphatic carbocycles. The minimum absolute atomic E-state index is 0.00829. The van der Waals surface area contributed by atoms with Crippen LogP contribution in [0.15, 0.2) is 57.6 Å². The molecule has 0 aliphatic heterocycles. The van der Waals surface area contributed by atoms with Crippen LogP contribution in [-0.2, 0) is 16.6 Å². The molecule has 0 spiro atoms. The van der Waals surface area contributed by atoms with Crippen LogP contribution in [0, 0.1) is 11.3 Å². The van der Waals surface area contributed by atoms with Crippen molar-refractivity contribution < 1.29 is 4.21 Å². The summed E-state index contributed by atoms with van der Waals surface area (Å²) in [6.45, 7) is 0. The number of nitriles is 1. The maximum Gasteiger partial charge on any atom is 0.101 e. The molecule has 1 atom stereocenters. The van der Waals surface area contributed by atoms with Gasteiger partial charge in [-0.2, -0.15) is 5.26 Å². The Balaban J connectivity index is 2.55. The summed E-state index contributed by atoms with van der Waals surface area (Å²) in [5, 5.41) is 16.1. The predicted molar refractivity (Wildman–Crippen MR) is 85.3 cm³/mol. The minimum Gasteiger partial charge on any atom is -0.254 e. The van der Waals surface area contributed by atoms with E-state index < -0.39 is 10.8 Å². The quantitative estimate of drug-likeness (QED) is 0.445. The van der Waals surface area contributed by atoms with Gasteiger partial charge < -0.3 is 0 Å². The zero-order valence-electron chi connectivity index (χ0n) is 11.7. The molecule has 8 nitrogen and oxygen atoms in total. The van der Waals surface area contributed by atoms with Gasteiger partial charge in [-0.25, -0.2) is 0 Å². The highest BCUT2D eigenvalue weighted by molar-refractivity contribution is 7.84. The lowest BCUT2D eigenvalue weighted by molar-refractivity contribution is 0.682. The van der Waals surface area contributed by atoms with Crippen molar-refractivity contribution in [1.82, 2.24) is 0 Å². The van der Waals surface area contributed by atoms with Gasteiger partial charge in [-0.1, -0.05) is 40.6 Å². The van der Waals surface area contributed by atoms with Gasteiger partial charge in [0.15, 0.2) is 0 Å². The highest BCUT2D eigenvalue weighted by Crippen LogP contribution is 2.32. The maximum atomic E-state index is 12.6. The number of azide groups is 2. The molecule has 2 aromatic carbocycles. The molecule has 0 bridgehead atoms. The van der Waals surface area contributed by atoms with Crippen molar-refractivity contribution in [2.75, 3.05) is 0 Å². The minimum atomic E-state index is -1.56. The second-order valence-electron chi connectivity index (χ2n) is 4.30. The Hall–Kier alpha value is -3.30. The molecule has 0 unspecified atom stereocenters. The smallest absolute Gasteiger partial charge is 0.101 e. The third-order valence-electron chi connectivity index (χ3n) is 2.88. The second-order valence-corrected chi connectivity index (χ2v) is 5.72. The van der Waals surface area contributed by atoms with E-state index >= 15 is 0 Å². The summed E-state index contributed by atoms with van der Waals surface area (Å²) in [5.74, 6) is 0.185. The lowest BCUT2D eigenvalue weighted by Crippen LogP contribution is -1.99. The van der Waals surface area contributed by atoms with Crippen LogP contribution >= 0.6 is 0 Å². The summed E-state index contributed by atoms with van der Waals surface area (Å²) in [4.78, 5) is 5.47. The monoisotopic (exact) mass is 323 g/mol. The summed E-state index contributed by atoms with van der Waals surface area (Å²) >= 11 is 0. The van der Waals surface area contributed by atoms with E-state index in [-0.39, 0.29) is 27.6 Å². The zero-order chi connectivity index (χ0) is 16.7. The van der Waals surface area contributed by atoms with Crippen molar-refractivity contribution in [1.29, 1.82) is 5.26 Å². The average molecular weight is 323 g/mol. The van der Waals surface area contributed by atoms with Gasteiger partial charge in [0, 0.05) is 15.5 Å². The van der Waals surface area contributed by atoms with E-state index in [4.69, 9.17) is 11.1 Å². The zero-order valence-corrected chi connectivity index (χ0v) is 12.5. The fourth-order valence-electron chi connectivity index (χ4n) is 1.92. The molecule has 0 heterocycles. The molecule has 0 N–H and O–H groups in total. The molecular formula is C14H9N7OS. The van der Waals surface area contributed by atoms with Gasteiger partial charge in [0.1, 0.15) is 6.07 Å². The molecule has 0 fully saturated rings. The molecule has 2 aromatic rings. The van der Waals surface area contributed by atoms with Crippen molar-refractivity contribution in [3.63, 3.8) is 0 Å². The first-order valence-corrected chi connectivity index (χ1v) is 7.62. The molecule has 0 aliphatic rings. The first kappa shape index (κ1) is 16.1. The summed E-state index contributed by atoms with van der Waals surface area (Å²) in [6, 6.07) is 13.7. The van der Waals surface area contributed by atoms with E-state index in [1.165, 1.54) is 12.1 Å². The Bertz CT molecular complexity index is 891. The van der Waals surface area contributed by atoms with Gasteiger partial charge >= 0.3 is 0 Å². The summed E-state index contributed by atoms with van der Waals surface area (Å²) in [6.07, 6.45) is 0. The predicted octanol–water partition coefficient (Wildman–Crippen LogP) is 4.75. The fourth-order valence-corrected chi connectivity index (χ4v) is 3.20. The fraction of sp³-hybridized carbons (Fsp3) is 0.0714. The lowest BCUT2D eigenvalue weighted by Gasteiger charge is -2.08. The SMILES string of the molecule is N#Cc1c(N=[N+]=[N-])cc(N=[N+]=[N-])cc1[S@](=O)Cc1ccccc1. The Morgan fingerprint density at radius 3 is 2.43 bits per heavy atom. The van der Waals surface area contributed by atoms with E-state index in [2.05, 4.69) is 20.1 Å². The van der Waals surface area contributed by atoms with Crippen LogP contribution < -0.4 is 0 Å². The maximum absolute atomic E-state index is 12.6.